The van der Waals surface area contributed by atoms with E-state index in [2.05, 4.69) is 25.8 Å². The Kier molecular flexibility index (Phi) is 4.34. The molecule has 29 heavy (non-hydrogen) atoms. The van der Waals surface area contributed by atoms with Crippen LogP contribution in [0.15, 0.2) is 42.7 Å². The van der Waals surface area contributed by atoms with Gasteiger partial charge in [0.05, 0.1) is 12.2 Å². The molecule has 1 aromatic carbocycles. The van der Waals surface area contributed by atoms with Gasteiger partial charge in [0.2, 0.25) is 11.7 Å². The van der Waals surface area contributed by atoms with Crippen molar-refractivity contribution < 1.29 is 9.59 Å². The molecule has 2 N–H and O–H groups in total. The molecule has 0 radical (unpaired) electrons. The Morgan fingerprint density at radius 2 is 2.00 bits per heavy atom. The Morgan fingerprint density at radius 1 is 1.17 bits per heavy atom. The van der Waals surface area contributed by atoms with Gasteiger partial charge in [0.25, 0.3) is 5.91 Å². The first-order valence-corrected chi connectivity index (χ1v) is 9.78. The Labute approximate surface area is 167 Å². The third-order valence-electron chi connectivity index (χ3n) is 5.22. The zero-order valence-corrected chi connectivity index (χ0v) is 15.8. The second-order valence-electron chi connectivity index (χ2n) is 7.51. The van der Waals surface area contributed by atoms with Crippen LogP contribution in [-0.4, -0.2) is 42.4 Å². The van der Waals surface area contributed by atoms with Crippen LogP contribution in [0.5, 0.6) is 0 Å². The summed E-state index contributed by atoms with van der Waals surface area (Å²) in [5, 5.41) is 14.4. The summed E-state index contributed by atoms with van der Waals surface area (Å²) in [6, 6.07) is 11.1. The Bertz CT molecular complexity index is 1050. The predicted molar refractivity (Wildman–Crippen MR) is 104 cm³/mol. The van der Waals surface area contributed by atoms with Crippen molar-refractivity contribution in [1.29, 1.82) is 0 Å². The van der Waals surface area contributed by atoms with Gasteiger partial charge < -0.3 is 10.6 Å². The van der Waals surface area contributed by atoms with Crippen LogP contribution in [0.2, 0.25) is 0 Å². The first-order valence-electron chi connectivity index (χ1n) is 9.78. The highest BCUT2D eigenvalue weighted by atomic mass is 16.2. The summed E-state index contributed by atoms with van der Waals surface area (Å²) >= 11 is 0. The summed E-state index contributed by atoms with van der Waals surface area (Å²) < 4.78 is 3.41. The third-order valence-corrected chi connectivity index (χ3v) is 5.22. The van der Waals surface area contributed by atoms with Crippen LogP contribution in [0.1, 0.15) is 47.1 Å². The number of carbonyl (C=O) groups is 2. The number of aryl methyl sites for hydroxylation is 1. The molecule has 1 fully saturated rings. The number of hydrogen-bond donors (Lipinski definition) is 2. The normalized spacial score (nSPS) is 18.6. The number of anilines is 1. The molecule has 2 aliphatic rings. The molecule has 9 nitrogen and oxygen atoms in total. The fourth-order valence-corrected chi connectivity index (χ4v) is 3.49. The monoisotopic (exact) mass is 391 g/mol. The van der Waals surface area contributed by atoms with Gasteiger partial charge in [0.1, 0.15) is 18.2 Å². The minimum atomic E-state index is -0.658. The summed E-state index contributed by atoms with van der Waals surface area (Å²) in [5.74, 6) is 0.558. The molecule has 148 valence electrons. The van der Waals surface area contributed by atoms with E-state index in [1.54, 1.807) is 4.68 Å². The smallest absolute Gasteiger partial charge is 0.291 e. The van der Waals surface area contributed by atoms with E-state index in [1.165, 1.54) is 6.33 Å². The second kappa shape index (κ2) is 7.16. The third kappa shape index (κ3) is 3.75. The average Bonchev–Trinajstić information content (AvgIpc) is 3.38. The number of carbonyl (C=O) groups excluding carboxylic acids is 2. The zero-order valence-electron chi connectivity index (χ0n) is 15.8. The van der Waals surface area contributed by atoms with E-state index in [0.717, 1.165) is 24.1 Å². The van der Waals surface area contributed by atoms with E-state index < -0.39 is 11.9 Å². The van der Waals surface area contributed by atoms with Gasteiger partial charge in [-0.2, -0.15) is 5.10 Å². The zero-order chi connectivity index (χ0) is 19.8. The van der Waals surface area contributed by atoms with Gasteiger partial charge in [-0.15, -0.1) is 5.10 Å². The van der Waals surface area contributed by atoms with Crippen LogP contribution in [0, 0.1) is 0 Å². The van der Waals surface area contributed by atoms with Crippen molar-refractivity contribution in [2.75, 3.05) is 5.32 Å². The van der Waals surface area contributed by atoms with E-state index in [1.807, 2.05) is 41.1 Å². The molecule has 0 saturated heterocycles. The molecule has 0 bridgehead atoms. The topological polar surface area (TPSA) is 107 Å². The van der Waals surface area contributed by atoms with Crippen molar-refractivity contribution in [1.82, 2.24) is 29.9 Å². The number of benzene rings is 1. The first-order chi connectivity index (χ1) is 14.2. The fourth-order valence-electron chi connectivity index (χ4n) is 3.49. The standard InChI is InChI=1S/C20H21N7O2/c28-19-15(8-9-27-17(23-19)10-16(24-27)14-6-7-14)22-20(29)18-21-12-26(25-18)11-13-4-2-1-3-5-13/h1-5,10,12,14-15H,6-9,11H2,(H,22,29)(H,23,28)/t15-/m0/s1. The molecule has 2 amide bonds. The minimum Gasteiger partial charge on any atom is -0.337 e. The van der Waals surface area contributed by atoms with Crippen molar-refractivity contribution in [2.45, 2.75) is 44.3 Å². The number of amides is 2. The maximum Gasteiger partial charge on any atom is 0.291 e. The molecule has 1 aliphatic carbocycles. The molecule has 9 heteroatoms. The fraction of sp³-hybridized carbons (Fsp3) is 0.350. The summed E-state index contributed by atoms with van der Waals surface area (Å²) in [7, 11) is 0. The number of rotatable bonds is 5. The van der Waals surface area contributed by atoms with E-state index >= 15 is 0 Å². The Balaban J connectivity index is 1.22. The maximum atomic E-state index is 12.6. The van der Waals surface area contributed by atoms with Gasteiger partial charge in [-0.05, 0) is 24.8 Å². The van der Waals surface area contributed by atoms with Crippen LogP contribution in [0.25, 0.3) is 0 Å². The van der Waals surface area contributed by atoms with Crippen LogP contribution >= 0.6 is 0 Å². The molecule has 1 saturated carbocycles. The van der Waals surface area contributed by atoms with Gasteiger partial charge >= 0.3 is 0 Å². The highest BCUT2D eigenvalue weighted by molar-refractivity contribution is 5.99. The summed E-state index contributed by atoms with van der Waals surface area (Å²) in [5.41, 5.74) is 2.10. The predicted octanol–water partition coefficient (Wildman–Crippen LogP) is 1.54. The number of fused-ring (bicyclic) bond motifs is 1. The average molecular weight is 391 g/mol. The lowest BCUT2D eigenvalue weighted by Gasteiger charge is -2.13. The summed E-state index contributed by atoms with van der Waals surface area (Å²) in [6.07, 6.45) is 4.30. The molecule has 5 rings (SSSR count). The number of nitrogens with zero attached hydrogens (tertiary/aromatic N) is 5. The molecule has 0 spiro atoms. The lowest BCUT2D eigenvalue weighted by Crippen LogP contribution is -2.43. The van der Waals surface area contributed by atoms with E-state index in [4.69, 9.17) is 0 Å². The molecular weight excluding hydrogens is 370 g/mol. The van der Waals surface area contributed by atoms with Crippen molar-refractivity contribution in [2.24, 2.45) is 0 Å². The van der Waals surface area contributed by atoms with Gasteiger partial charge in [-0.25, -0.2) is 14.3 Å². The van der Waals surface area contributed by atoms with Crippen molar-refractivity contribution in [3.63, 3.8) is 0 Å². The van der Waals surface area contributed by atoms with Gasteiger partial charge in [-0.3, -0.25) is 9.59 Å². The van der Waals surface area contributed by atoms with Gasteiger partial charge in [-0.1, -0.05) is 30.3 Å². The minimum absolute atomic E-state index is 0.0479. The SMILES string of the molecule is O=C(N[C@H]1CCn2nc(C3CC3)cc2NC1=O)c1ncn(Cc2ccccc2)n1. The molecule has 1 atom stereocenters. The van der Waals surface area contributed by atoms with E-state index in [-0.39, 0.29) is 11.7 Å². The van der Waals surface area contributed by atoms with Crippen LogP contribution in [0.3, 0.4) is 0 Å². The van der Waals surface area contributed by atoms with E-state index in [9.17, 15) is 9.59 Å². The maximum absolute atomic E-state index is 12.6. The molecule has 3 heterocycles. The molecule has 3 aromatic rings. The van der Waals surface area contributed by atoms with Crippen molar-refractivity contribution >= 4 is 17.6 Å². The molecule has 2 aromatic heterocycles. The molecule has 0 unspecified atom stereocenters. The van der Waals surface area contributed by atoms with Crippen molar-refractivity contribution in [3.8, 4) is 0 Å². The van der Waals surface area contributed by atoms with Crippen molar-refractivity contribution in [3.05, 3.63) is 59.8 Å². The summed E-state index contributed by atoms with van der Waals surface area (Å²) in [4.78, 5) is 29.2. The summed E-state index contributed by atoms with van der Waals surface area (Å²) in [6.45, 7) is 1.08. The Hall–Kier alpha value is -3.49. The first kappa shape index (κ1) is 17.6. The van der Waals surface area contributed by atoms with Gasteiger partial charge in [0.15, 0.2) is 0 Å². The highest BCUT2D eigenvalue weighted by Gasteiger charge is 2.31. The van der Waals surface area contributed by atoms with Gasteiger partial charge in [0, 0.05) is 18.5 Å². The van der Waals surface area contributed by atoms with Crippen LogP contribution < -0.4 is 10.6 Å². The van der Waals surface area contributed by atoms with Crippen LogP contribution in [0.4, 0.5) is 5.82 Å². The highest BCUT2D eigenvalue weighted by Crippen LogP contribution is 2.40. The number of hydrogen-bond acceptors (Lipinski definition) is 5. The number of nitrogens with one attached hydrogen (secondary N) is 2. The Morgan fingerprint density at radius 3 is 2.79 bits per heavy atom. The molecule has 1 aliphatic heterocycles. The number of aromatic nitrogens is 5. The second-order valence-corrected chi connectivity index (χ2v) is 7.51. The van der Waals surface area contributed by atoms with Crippen LogP contribution in [-0.2, 0) is 17.9 Å². The lowest BCUT2D eigenvalue weighted by atomic mass is 10.2. The van der Waals surface area contributed by atoms with E-state index in [0.29, 0.717) is 31.2 Å². The lowest BCUT2D eigenvalue weighted by molar-refractivity contribution is -0.118. The molecular formula is C20H21N7O2. The largest absolute Gasteiger partial charge is 0.337 e. The quantitative estimate of drug-likeness (QED) is 0.686.